The minimum absolute atomic E-state index is 0.264. The van der Waals surface area contributed by atoms with Crippen molar-refractivity contribution in [1.82, 2.24) is 5.32 Å². The Morgan fingerprint density at radius 2 is 1.96 bits per heavy atom. The molecule has 3 heteroatoms. The highest BCUT2D eigenvalue weighted by Gasteiger charge is 2.13. The molecule has 0 aliphatic carbocycles. The van der Waals surface area contributed by atoms with Crippen LogP contribution in [0.4, 0.5) is 0 Å². The van der Waals surface area contributed by atoms with Crippen LogP contribution in [0.15, 0.2) is 47.5 Å². The van der Waals surface area contributed by atoms with E-state index in [9.17, 15) is 0 Å². The van der Waals surface area contributed by atoms with Crippen LogP contribution in [0.5, 0.6) is 0 Å². The number of benzene rings is 2. The van der Waals surface area contributed by atoms with Crippen molar-refractivity contribution in [2.24, 2.45) is 4.99 Å². The quantitative estimate of drug-likeness (QED) is 0.603. The molecule has 0 spiro atoms. The summed E-state index contributed by atoms with van der Waals surface area (Å²) >= 11 is 0. The van der Waals surface area contributed by atoms with Gasteiger partial charge < -0.3 is 10.1 Å². The molecule has 0 fully saturated rings. The van der Waals surface area contributed by atoms with Gasteiger partial charge in [-0.15, -0.1) is 0 Å². The number of nitrogens with zero attached hydrogens (tertiary/aromatic N) is 1. The fourth-order valence-electron chi connectivity index (χ4n) is 2.86. The van der Waals surface area contributed by atoms with Crippen molar-refractivity contribution in [2.45, 2.75) is 32.9 Å². The average molecular weight is 310 g/mol. The van der Waals surface area contributed by atoms with Gasteiger partial charge in [0.15, 0.2) is 0 Å². The van der Waals surface area contributed by atoms with Gasteiger partial charge in [-0.1, -0.05) is 49.4 Å². The van der Waals surface area contributed by atoms with Crippen molar-refractivity contribution in [3.8, 4) is 11.1 Å². The molecule has 0 amide bonds. The minimum Gasteiger partial charge on any atom is -0.380 e. The first-order chi connectivity index (χ1) is 11.2. The van der Waals surface area contributed by atoms with Crippen LogP contribution in [0.3, 0.4) is 0 Å². The van der Waals surface area contributed by atoms with Crippen LogP contribution in [0, 0.1) is 6.92 Å². The Morgan fingerprint density at radius 3 is 2.61 bits per heavy atom. The van der Waals surface area contributed by atoms with Gasteiger partial charge in [0.1, 0.15) is 0 Å². The zero-order valence-electron chi connectivity index (χ0n) is 14.5. The van der Waals surface area contributed by atoms with Gasteiger partial charge in [0.2, 0.25) is 0 Å². The van der Waals surface area contributed by atoms with Crippen LogP contribution in [-0.4, -0.2) is 20.5 Å². The van der Waals surface area contributed by atoms with Crippen molar-refractivity contribution in [3.05, 3.63) is 59.2 Å². The highest BCUT2D eigenvalue weighted by Crippen LogP contribution is 2.30. The molecule has 1 N–H and O–H groups in total. The largest absolute Gasteiger partial charge is 0.380 e. The van der Waals surface area contributed by atoms with E-state index in [1.807, 2.05) is 0 Å². The van der Waals surface area contributed by atoms with Crippen molar-refractivity contribution in [3.63, 3.8) is 0 Å². The average Bonchev–Trinajstić information content (AvgIpc) is 2.57. The molecule has 2 aromatic rings. The Labute approximate surface area is 139 Å². The van der Waals surface area contributed by atoms with Gasteiger partial charge in [-0.2, -0.15) is 0 Å². The highest BCUT2D eigenvalue weighted by atomic mass is 16.5. The number of ether oxygens (including phenoxy) is 1. The molecule has 0 heterocycles. The predicted molar refractivity (Wildman–Crippen MR) is 97.9 cm³/mol. The summed E-state index contributed by atoms with van der Waals surface area (Å²) < 4.78 is 5.43. The van der Waals surface area contributed by atoms with Gasteiger partial charge in [0.25, 0.3) is 0 Å². The summed E-state index contributed by atoms with van der Waals surface area (Å²) in [5.74, 6) is 0. The van der Waals surface area contributed by atoms with E-state index in [0.717, 1.165) is 6.42 Å². The monoisotopic (exact) mass is 310 g/mol. The van der Waals surface area contributed by atoms with Gasteiger partial charge in [0.05, 0.1) is 19.0 Å². The molecule has 122 valence electrons. The number of methoxy groups -OCH3 is 1. The normalized spacial score (nSPS) is 12.5. The molecule has 0 saturated heterocycles. The lowest BCUT2D eigenvalue weighted by Crippen LogP contribution is -2.19. The van der Waals surface area contributed by atoms with E-state index in [-0.39, 0.29) is 6.04 Å². The molecule has 0 radical (unpaired) electrons. The van der Waals surface area contributed by atoms with Crippen molar-refractivity contribution >= 4 is 6.34 Å². The third-order valence-corrected chi connectivity index (χ3v) is 4.08. The van der Waals surface area contributed by atoms with E-state index in [4.69, 9.17) is 4.74 Å². The third kappa shape index (κ3) is 4.20. The molecular formula is C20H26N2O. The van der Waals surface area contributed by atoms with Crippen LogP contribution < -0.4 is 5.32 Å². The second-order valence-electron chi connectivity index (χ2n) is 5.68. The summed E-state index contributed by atoms with van der Waals surface area (Å²) in [5, 5.41) is 3.34. The van der Waals surface area contributed by atoms with E-state index >= 15 is 0 Å². The Hall–Kier alpha value is -2.13. The van der Waals surface area contributed by atoms with Crippen LogP contribution >= 0.6 is 0 Å². The number of nitrogens with one attached hydrogen (secondary N) is 1. The molecule has 0 aliphatic rings. The molecule has 2 aromatic carbocycles. The molecule has 0 bridgehead atoms. The third-order valence-electron chi connectivity index (χ3n) is 4.08. The van der Waals surface area contributed by atoms with Crippen LogP contribution in [0.1, 0.15) is 36.1 Å². The number of hydrogen-bond acceptors (Lipinski definition) is 2. The maximum Gasteiger partial charge on any atom is 0.0825 e. The molecule has 0 aromatic heterocycles. The molecule has 2 rings (SSSR count). The zero-order valence-corrected chi connectivity index (χ0v) is 14.5. The summed E-state index contributed by atoms with van der Waals surface area (Å²) in [4.78, 5) is 4.02. The van der Waals surface area contributed by atoms with E-state index in [0.29, 0.717) is 6.61 Å². The second kappa shape index (κ2) is 8.49. The smallest absolute Gasteiger partial charge is 0.0825 e. The summed E-state index contributed by atoms with van der Waals surface area (Å²) in [6.07, 6.45) is 2.77. The summed E-state index contributed by atoms with van der Waals surface area (Å²) in [6, 6.07) is 15.4. The first-order valence-electron chi connectivity index (χ1n) is 8.05. The molecule has 1 unspecified atom stereocenters. The van der Waals surface area contributed by atoms with Gasteiger partial charge in [-0.05, 0) is 41.2 Å². The van der Waals surface area contributed by atoms with Gasteiger partial charge in [-0.25, -0.2) is 0 Å². The topological polar surface area (TPSA) is 33.6 Å². The van der Waals surface area contributed by atoms with E-state index < -0.39 is 0 Å². The van der Waals surface area contributed by atoms with Gasteiger partial charge in [0, 0.05) is 14.2 Å². The van der Waals surface area contributed by atoms with Gasteiger partial charge in [-0.3, -0.25) is 4.99 Å². The van der Waals surface area contributed by atoms with E-state index in [1.54, 1.807) is 20.5 Å². The fraction of sp³-hybridized carbons (Fsp3) is 0.350. The number of rotatable bonds is 7. The SMILES string of the molecule is CCC(NC=NC)c1ccc(-c2ccccc2C)c(COC)c1. The lowest BCUT2D eigenvalue weighted by atomic mass is 9.92. The molecular weight excluding hydrogens is 284 g/mol. The number of hydrogen-bond donors (Lipinski definition) is 1. The van der Waals surface area contributed by atoms with E-state index in [1.165, 1.54) is 27.8 Å². The molecule has 23 heavy (non-hydrogen) atoms. The number of aryl methyl sites for hydroxylation is 1. The Bertz CT molecular complexity index is 664. The number of aliphatic imine (C=N–C) groups is 1. The maximum absolute atomic E-state index is 5.43. The summed E-state index contributed by atoms with van der Waals surface area (Å²) in [5.41, 5.74) is 6.26. The Kier molecular flexibility index (Phi) is 6.36. The fourth-order valence-corrected chi connectivity index (χ4v) is 2.86. The standard InChI is InChI=1S/C20H26N2O/c1-5-20(22-14-21-3)16-10-11-19(17(12-16)13-23-4)18-9-7-6-8-15(18)2/h6-12,14,20H,5,13H2,1-4H3,(H,21,22). The predicted octanol–water partition coefficient (Wildman–Crippen LogP) is 4.51. The van der Waals surface area contributed by atoms with Crippen molar-refractivity contribution in [1.29, 1.82) is 0 Å². The van der Waals surface area contributed by atoms with Crippen LogP contribution in [0.2, 0.25) is 0 Å². The molecule has 1 atom stereocenters. The lowest BCUT2D eigenvalue weighted by Gasteiger charge is -2.19. The Morgan fingerprint density at radius 1 is 1.17 bits per heavy atom. The summed E-state index contributed by atoms with van der Waals surface area (Å²) in [7, 11) is 3.52. The molecule has 0 aliphatic heterocycles. The molecule has 0 saturated carbocycles. The molecule has 3 nitrogen and oxygen atoms in total. The van der Waals surface area contributed by atoms with Crippen molar-refractivity contribution in [2.75, 3.05) is 14.2 Å². The highest BCUT2D eigenvalue weighted by molar-refractivity contribution is 5.71. The first-order valence-corrected chi connectivity index (χ1v) is 8.05. The van der Waals surface area contributed by atoms with Crippen molar-refractivity contribution < 1.29 is 4.74 Å². The summed E-state index contributed by atoms with van der Waals surface area (Å²) in [6.45, 7) is 4.93. The zero-order chi connectivity index (χ0) is 16.7. The first kappa shape index (κ1) is 17.2. The Balaban J connectivity index is 2.44. The van der Waals surface area contributed by atoms with E-state index in [2.05, 4.69) is 66.6 Å². The lowest BCUT2D eigenvalue weighted by molar-refractivity contribution is 0.185. The van der Waals surface area contributed by atoms with Crippen LogP contribution in [0.25, 0.3) is 11.1 Å². The minimum atomic E-state index is 0.264. The maximum atomic E-state index is 5.43. The van der Waals surface area contributed by atoms with Crippen LogP contribution in [-0.2, 0) is 11.3 Å². The van der Waals surface area contributed by atoms with Gasteiger partial charge >= 0.3 is 0 Å². The second-order valence-corrected chi connectivity index (χ2v) is 5.68.